The van der Waals surface area contributed by atoms with Gasteiger partial charge >= 0.3 is 5.97 Å². The van der Waals surface area contributed by atoms with Crippen LogP contribution in [0.5, 0.6) is 0 Å². The Morgan fingerprint density at radius 2 is 1.76 bits per heavy atom. The summed E-state index contributed by atoms with van der Waals surface area (Å²) in [5.74, 6) is -1.08. The van der Waals surface area contributed by atoms with Gasteiger partial charge < -0.3 is 5.11 Å². The zero-order valence-corrected chi connectivity index (χ0v) is 15.4. The molecular weight excluding hydrogens is 358 g/mol. The van der Waals surface area contributed by atoms with Gasteiger partial charge in [-0.25, -0.2) is 13.2 Å². The molecule has 0 spiro atoms. The Balaban J connectivity index is 1.95. The smallest absolute Gasteiger partial charge is 0.337 e. The Morgan fingerprint density at radius 1 is 1.12 bits per heavy atom. The first-order chi connectivity index (χ1) is 11.9. The maximum absolute atomic E-state index is 12.6. The Labute approximate surface area is 151 Å². The van der Waals surface area contributed by atoms with Crippen LogP contribution in [0, 0.1) is 6.92 Å². The second-order valence-electron chi connectivity index (χ2n) is 6.00. The minimum Gasteiger partial charge on any atom is -0.478 e. The molecule has 1 aromatic heterocycles. The SMILES string of the molecule is Cc1ccc(/C=C(\C(=O)O)c2ccc(S(=O)(=O)N3CCCC3)s2)cc1. The van der Waals surface area contributed by atoms with Gasteiger partial charge in [-0.15, -0.1) is 11.3 Å². The van der Waals surface area contributed by atoms with Crippen LogP contribution in [0.3, 0.4) is 0 Å². The second-order valence-corrected chi connectivity index (χ2v) is 9.25. The van der Waals surface area contributed by atoms with Crippen LogP contribution in [0.2, 0.25) is 0 Å². The van der Waals surface area contributed by atoms with E-state index in [-0.39, 0.29) is 9.78 Å². The summed E-state index contributed by atoms with van der Waals surface area (Å²) in [5.41, 5.74) is 1.95. The maximum atomic E-state index is 12.6. The van der Waals surface area contributed by atoms with Gasteiger partial charge in [-0.1, -0.05) is 29.8 Å². The van der Waals surface area contributed by atoms with E-state index in [2.05, 4.69) is 0 Å². The molecule has 1 fully saturated rings. The molecule has 0 radical (unpaired) electrons. The van der Waals surface area contributed by atoms with Gasteiger partial charge in [0.2, 0.25) is 0 Å². The zero-order chi connectivity index (χ0) is 18.0. The van der Waals surface area contributed by atoms with Crippen LogP contribution in [-0.4, -0.2) is 36.9 Å². The van der Waals surface area contributed by atoms with Crippen LogP contribution in [0.15, 0.2) is 40.6 Å². The van der Waals surface area contributed by atoms with Crippen molar-refractivity contribution in [2.75, 3.05) is 13.1 Å². The third-order valence-corrected chi connectivity index (χ3v) is 7.61. The molecule has 1 aromatic carbocycles. The van der Waals surface area contributed by atoms with Crippen molar-refractivity contribution in [3.05, 3.63) is 52.4 Å². The molecule has 132 valence electrons. The highest BCUT2D eigenvalue weighted by Crippen LogP contribution is 2.32. The van der Waals surface area contributed by atoms with Crippen molar-refractivity contribution in [3.63, 3.8) is 0 Å². The van der Waals surface area contributed by atoms with Gasteiger partial charge in [0.25, 0.3) is 10.0 Å². The number of aryl methyl sites for hydroxylation is 1. The van der Waals surface area contributed by atoms with Crippen molar-refractivity contribution in [1.82, 2.24) is 4.31 Å². The van der Waals surface area contributed by atoms with Gasteiger partial charge in [-0.3, -0.25) is 0 Å². The number of carbonyl (C=O) groups is 1. The van der Waals surface area contributed by atoms with Crippen molar-refractivity contribution >= 4 is 39.0 Å². The normalized spacial score (nSPS) is 16.3. The minimum absolute atomic E-state index is 0.0942. The molecule has 1 saturated heterocycles. The van der Waals surface area contributed by atoms with Crippen LogP contribution < -0.4 is 0 Å². The molecule has 2 aromatic rings. The molecule has 0 amide bonds. The topological polar surface area (TPSA) is 74.7 Å². The van der Waals surface area contributed by atoms with Gasteiger partial charge in [-0.05, 0) is 43.5 Å². The highest BCUT2D eigenvalue weighted by Gasteiger charge is 2.29. The van der Waals surface area contributed by atoms with Crippen LogP contribution in [0.4, 0.5) is 0 Å². The first-order valence-electron chi connectivity index (χ1n) is 8.00. The van der Waals surface area contributed by atoms with Crippen LogP contribution >= 0.6 is 11.3 Å². The molecule has 3 rings (SSSR count). The number of benzene rings is 1. The van der Waals surface area contributed by atoms with Crippen LogP contribution in [-0.2, 0) is 14.8 Å². The summed E-state index contributed by atoms with van der Waals surface area (Å²) in [5, 5.41) is 9.54. The Hall–Kier alpha value is -1.96. The molecule has 1 N–H and O–H groups in total. The highest BCUT2D eigenvalue weighted by molar-refractivity contribution is 7.91. The molecule has 5 nitrogen and oxygen atoms in total. The summed E-state index contributed by atoms with van der Waals surface area (Å²) in [4.78, 5) is 12.1. The number of carboxylic acid groups (broad SMARTS) is 1. The van der Waals surface area contributed by atoms with E-state index in [1.54, 1.807) is 12.1 Å². The summed E-state index contributed by atoms with van der Waals surface area (Å²) < 4.78 is 26.9. The first kappa shape index (κ1) is 17.8. The van der Waals surface area contributed by atoms with Gasteiger partial charge in [0, 0.05) is 18.0 Å². The number of nitrogens with zero attached hydrogens (tertiary/aromatic N) is 1. The van der Waals surface area contributed by atoms with Crippen molar-refractivity contribution in [2.24, 2.45) is 0 Å². The largest absolute Gasteiger partial charge is 0.478 e. The molecule has 7 heteroatoms. The number of hydrogen-bond acceptors (Lipinski definition) is 4. The van der Waals surface area contributed by atoms with E-state index in [1.165, 1.54) is 10.4 Å². The third-order valence-electron chi connectivity index (χ3n) is 4.12. The molecule has 0 bridgehead atoms. The van der Waals surface area contributed by atoms with Crippen molar-refractivity contribution < 1.29 is 18.3 Å². The van der Waals surface area contributed by atoms with E-state index in [4.69, 9.17) is 0 Å². The monoisotopic (exact) mass is 377 g/mol. The standard InChI is InChI=1S/C18H19NO4S2/c1-13-4-6-14(7-5-13)12-15(18(20)21)16-8-9-17(24-16)25(22,23)19-10-2-3-11-19/h4-9,12H,2-3,10-11H2,1H3,(H,20,21)/b15-12-. The lowest BCUT2D eigenvalue weighted by molar-refractivity contribution is -0.130. The van der Waals surface area contributed by atoms with Crippen LogP contribution in [0.1, 0.15) is 28.8 Å². The maximum Gasteiger partial charge on any atom is 0.337 e. The lowest BCUT2D eigenvalue weighted by Crippen LogP contribution is -2.27. The average molecular weight is 377 g/mol. The van der Waals surface area contributed by atoms with Gasteiger partial charge in [-0.2, -0.15) is 4.31 Å². The summed E-state index contributed by atoms with van der Waals surface area (Å²) in [7, 11) is -3.52. The lowest BCUT2D eigenvalue weighted by atomic mass is 10.1. The fraction of sp³-hybridized carbons (Fsp3) is 0.278. The lowest BCUT2D eigenvalue weighted by Gasteiger charge is -2.13. The average Bonchev–Trinajstić information content (AvgIpc) is 3.26. The quantitative estimate of drug-likeness (QED) is 0.810. The molecule has 0 saturated carbocycles. The Bertz CT molecular complexity index is 905. The summed E-state index contributed by atoms with van der Waals surface area (Å²) >= 11 is 1.01. The van der Waals surface area contributed by atoms with Gasteiger partial charge in [0.1, 0.15) is 4.21 Å². The van der Waals surface area contributed by atoms with E-state index >= 15 is 0 Å². The van der Waals surface area contributed by atoms with Crippen molar-refractivity contribution in [1.29, 1.82) is 0 Å². The molecule has 1 aliphatic rings. The molecule has 25 heavy (non-hydrogen) atoms. The van der Waals surface area contributed by atoms with E-state index < -0.39 is 16.0 Å². The molecule has 2 heterocycles. The number of sulfonamides is 1. The fourth-order valence-electron chi connectivity index (χ4n) is 2.73. The van der Waals surface area contributed by atoms with Gasteiger partial charge in [0.05, 0.1) is 5.57 Å². The molecular formula is C18H19NO4S2. The minimum atomic E-state index is -3.52. The molecule has 0 unspecified atom stereocenters. The van der Waals surface area contributed by atoms with E-state index in [1.807, 2.05) is 31.2 Å². The first-order valence-corrected chi connectivity index (χ1v) is 10.3. The Kier molecular flexibility index (Phi) is 5.08. The van der Waals surface area contributed by atoms with Crippen molar-refractivity contribution in [2.45, 2.75) is 24.0 Å². The predicted octanol–water partition coefficient (Wildman–Crippen LogP) is 3.47. The van der Waals surface area contributed by atoms with E-state index in [0.29, 0.717) is 18.0 Å². The summed E-state index contributed by atoms with van der Waals surface area (Å²) in [6.45, 7) is 3.02. The van der Waals surface area contributed by atoms with E-state index in [9.17, 15) is 18.3 Å². The number of hydrogen-bond donors (Lipinski definition) is 1. The highest BCUT2D eigenvalue weighted by atomic mass is 32.2. The predicted molar refractivity (Wildman–Crippen MR) is 99.0 cm³/mol. The van der Waals surface area contributed by atoms with E-state index in [0.717, 1.165) is 35.3 Å². The van der Waals surface area contributed by atoms with Crippen molar-refractivity contribution in [3.8, 4) is 0 Å². The number of thiophene rings is 1. The molecule has 0 atom stereocenters. The van der Waals surface area contributed by atoms with Gasteiger partial charge in [0.15, 0.2) is 0 Å². The molecule has 0 aliphatic carbocycles. The third kappa shape index (κ3) is 3.84. The number of rotatable bonds is 5. The number of aliphatic carboxylic acids is 1. The Morgan fingerprint density at radius 3 is 2.36 bits per heavy atom. The fourth-order valence-corrected chi connectivity index (χ4v) is 5.71. The zero-order valence-electron chi connectivity index (χ0n) is 13.8. The molecule has 1 aliphatic heterocycles. The summed E-state index contributed by atoms with van der Waals surface area (Å²) in [6, 6.07) is 10.6. The summed E-state index contributed by atoms with van der Waals surface area (Å²) in [6.07, 6.45) is 3.30. The second kappa shape index (κ2) is 7.11. The number of carboxylic acids is 1. The van der Waals surface area contributed by atoms with Crippen LogP contribution in [0.25, 0.3) is 11.6 Å².